The Labute approximate surface area is 170 Å². The Bertz CT molecular complexity index is 1180. The number of pyridine rings is 1. The molecule has 0 aliphatic heterocycles. The fourth-order valence-corrected chi connectivity index (χ4v) is 2.68. The maximum atomic E-state index is 11.7. The third-order valence-corrected chi connectivity index (χ3v) is 4.20. The van der Waals surface area contributed by atoms with E-state index in [2.05, 4.69) is 30.8 Å². The van der Waals surface area contributed by atoms with Crippen molar-refractivity contribution in [3.05, 3.63) is 71.5 Å². The highest BCUT2D eigenvalue weighted by Gasteiger charge is 2.08. The smallest absolute Gasteiger partial charge is 0.269 e. The van der Waals surface area contributed by atoms with Crippen molar-refractivity contribution in [1.82, 2.24) is 25.5 Å². The van der Waals surface area contributed by atoms with Crippen LogP contribution in [0.25, 0.3) is 11.0 Å². The van der Waals surface area contributed by atoms with Crippen molar-refractivity contribution < 1.29 is 9.53 Å². The lowest BCUT2D eigenvalue weighted by molar-refractivity contribution is 0.0958. The number of halogens is 1. The van der Waals surface area contributed by atoms with Crippen LogP contribution >= 0.6 is 11.6 Å². The highest BCUT2D eigenvalue weighted by molar-refractivity contribution is 6.30. The summed E-state index contributed by atoms with van der Waals surface area (Å²) in [6.07, 6.45) is 1.51. The van der Waals surface area contributed by atoms with Crippen LogP contribution < -0.4 is 15.4 Å². The standard InChI is InChI=1S/C20H15ClN6O2/c1-22-19(28)18-11-15(8-9-23-18)29-14-6-7-16-17(10-14)25-20(27-26-16)24-13-4-2-12(21)3-5-13/h2-11H,1H3,(H,22,28)(H,24,25,27). The summed E-state index contributed by atoms with van der Waals surface area (Å²) in [5.74, 6) is 1.09. The summed E-state index contributed by atoms with van der Waals surface area (Å²) in [5.41, 5.74) is 2.29. The van der Waals surface area contributed by atoms with Crippen molar-refractivity contribution in [3.63, 3.8) is 0 Å². The first-order valence-corrected chi connectivity index (χ1v) is 9.01. The van der Waals surface area contributed by atoms with Crippen molar-refractivity contribution >= 4 is 40.2 Å². The molecule has 0 aliphatic rings. The predicted octanol–water partition coefficient (Wildman–Crippen LogP) is 3.97. The number of aromatic nitrogens is 4. The number of nitrogens with zero attached hydrogens (tertiary/aromatic N) is 4. The average Bonchev–Trinajstić information content (AvgIpc) is 2.75. The number of fused-ring (bicyclic) bond motifs is 1. The first kappa shape index (κ1) is 18.6. The molecule has 0 atom stereocenters. The molecule has 4 aromatic rings. The van der Waals surface area contributed by atoms with Crippen LogP contribution in [0.15, 0.2) is 60.8 Å². The van der Waals surface area contributed by atoms with Crippen LogP contribution in [0.3, 0.4) is 0 Å². The van der Waals surface area contributed by atoms with E-state index in [1.807, 2.05) is 12.1 Å². The summed E-state index contributed by atoms with van der Waals surface area (Å²) in [5, 5.41) is 14.5. The summed E-state index contributed by atoms with van der Waals surface area (Å²) >= 11 is 5.90. The number of hydrogen-bond acceptors (Lipinski definition) is 7. The van der Waals surface area contributed by atoms with Gasteiger partial charge in [-0.3, -0.25) is 9.78 Å². The van der Waals surface area contributed by atoms with Crippen LogP contribution in [0.1, 0.15) is 10.5 Å². The van der Waals surface area contributed by atoms with Gasteiger partial charge in [0.15, 0.2) is 0 Å². The molecule has 1 amide bonds. The van der Waals surface area contributed by atoms with Crippen LogP contribution in [-0.4, -0.2) is 33.1 Å². The lowest BCUT2D eigenvalue weighted by Gasteiger charge is -2.08. The fraction of sp³-hybridized carbons (Fsp3) is 0.0500. The van der Waals surface area contributed by atoms with E-state index < -0.39 is 0 Å². The van der Waals surface area contributed by atoms with Crippen LogP contribution in [-0.2, 0) is 0 Å². The molecule has 0 bridgehead atoms. The van der Waals surface area contributed by atoms with E-state index in [1.54, 1.807) is 49.5 Å². The van der Waals surface area contributed by atoms with Crippen molar-refractivity contribution in [3.8, 4) is 11.5 Å². The second-order valence-electron chi connectivity index (χ2n) is 5.98. The van der Waals surface area contributed by atoms with E-state index in [9.17, 15) is 4.79 Å². The number of benzene rings is 2. The minimum absolute atomic E-state index is 0.268. The second kappa shape index (κ2) is 8.07. The van der Waals surface area contributed by atoms with E-state index in [-0.39, 0.29) is 11.6 Å². The van der Waals surface area contributed by atoms with Gasteiger partial charge < -0.3 is 15.4 Å². The molecular weight excluding hydrogens is 392 g/mol. The number of nitrogens with one attached hydrogen (secondary N) is 2. The molecule has 0 fully saturated rings. The van der Waals surface area contributed by atoms with Crippen LogP contribution in [0.2, 0.25) is 5.02 Å². The molecule has 0 spiro atoms. The molecular formula is C20H15ClN6O2. The number of ether oxygens (including phenoxy) is 1. The Kier molecular flexibility index (Phi) is 5.17. The fourth-order valence-electron chi connectivity index (χ4n) is 2.56. The van der Waals surface area contributed by atoms with Crippen LogP contribution in [0.5, 0.6) is 11.5 Å². The maximum absolute atomic E-state index is 11.7. The zero-order valence-corrected chi connectivity index (χ0v) is 16.0. The first-order valence-electron chi connectivity index (χ1n) is 8.64. The highest BCUT2D eigenvalue weighted by Crippen LogP contribution is 2.25. The van der Waals surface area contributed by atoms with Gasteiger partial charge in [-0.2, -0.15) is 0 Å². The van der Waals surface area contributed by atoms with Crippen LogP contribution in [0.4, 0.5) is 11.6 Å². The number of carbonyl (C=O) groups is 1. The number of amides is 1. The molecule has 0 radical (unpaired) electrons. The van der Waals surface area contributed by atoms with Gasteiger partial charge in [-0.15, -0.1) is 10.2 Å². The molecule has 2 heterocycles. The number of carbonyl (C=O) groups excluding carboxylic acids is 1. The SMILES string of the molecule is CNC(=O)c1cc(Oc2ccc3nnc(Nc4ccc(Cl)cc4)nc3c2)ccn1. The molecule has 4 rings (SSSR count). The molecule has 0 saturated carbocycles. The Balaban J connectivity index is 1.58. The van der Waals surface area contributed by atoms with Gasteiger partial charge in [0.05, 0.1) is 5.52 Å². The zero-order valence-electron chi connectivity index (χ0n) is 15.3. The van der Waals surface area contributed by atoms with Gasteiger partial charge in [-0.05, 0) is 42.5 Å². The summed E-state index contributed by atoms with van der Waals surface area (Å²) in [7, 11) is 1.54. The Hall–Kier alpha value is -3.78. The summed E-state index contributed by atoms with van der Waals surface area (Å²) in [4.78, 5) is 20.2. The first-order chi connectivity index (χ1) is 14.1. The van der Waals surface area contributed by atoms with Crippen molar-refractivity contribution in [1.29, 1.82) is 0 Å². The molecule has 2 aromatic carbocycles. The molecule has 0 saturated heterocycles. The summed E-state index contributed by atoms with van der Waals surface area (Å²) < 4.78 is 5.85. The normalized spacial score (nSPS) is 10.6. The van der Waals surface area contributed by atoms with Gasteiger partial charge in [0.2, 0.25) is 5.95 Å². The van der Waals surface area contributed by atoms with Gasteiger partial charge >= 0.3 is 0 Å². The van der Waals surface area contributed by atoms with E-state index in [1.165, 1.54) is 6.20 Å². The minimum Gasteiger partial charge on any atom is -0.457 e. The van der Waals surface area contributed by atoms with E-state index in [0.29, 0.717) is 33.5 Å². The maximum Gasteiger partial charge on any atom is 0.269 e. The Morgan fingerprint density at radius 1 is 0.966 bits per heavy atom. The number of anilines is 2. The molecule has 0 unspecified atom stereocenters. The molecule has 0 aliphatic carbocycles. The van der Waals surface area contributed by atoms with Crippen molar-refractivity contribution in [2.24, 2.45) is 0 Å². The summed E-state index contributed by atoms with van der Waals surface area (Å²) in [6, 6.07) is 15.7. The lowest BCUT2D eigenvalue weighted by Crippen LogP contribution is -2.18. The van der Waals surface area contributed by atoms with Gasteiger partial charge in [-0.1, -0.05) is 11.6 Å². The monoisotopic (exact) mass is 406 g/mol. The van der Waals surface area contributed by atoms with Crippen molar-refractivity contribution in [2.75, 3.05) is 12.4 Å². The third kappa shape index (κ3) is 4.39. The topological polar surface area (TPSA) is 102 Å². The highest BCUT2D eigenvalue weighted by atomic mass is 35.5. The van der Waals surface area contributed by atoms with E-state index in [4.69, 9.17) is 16.3 Å². The van der Waals surface area contributed by atoms with Crippen LogP contribution in [0, 0.1) is 0 Å². The minimum atomic E-state index is -0.288. The van der Waals surface area contributed by atoms with Gasteiger partial charge in [0.25, 0.3) is 5.91 Å². The Morgan fingerprint density at radius 2 is 1.76 bits per heavy atom. The number of hydrogen-bond donors (Lipinski definition) is 2. The molecule has 9 heteroatoms. The quantitative estimate of drug-likeness (QED) is 0.517. The van der Waals surface area contributed by atoms with Gasteiger partial charge in [-0.25, -0.2) is 4.98 Å². The van der Waals surface area contributed by atoms with Gasteiger partial charge in [0, 0.05) is 36.1 Å². The molecule has 2 N–H and O–H groups in total. The van der Waals surface area contributed by atoms with Gasteiger partial charge in [0.1, 0.15) is 22.7 Å². The summed E-state index contributed by atoms with van der Waals surface area (Å²) in [6.45, 7) is 0. The largest absolute Gasteiger partial charge is 0.457 e. The van der Waals surface area contributed by atoms with Crippen molar-refractivity contribution in [2.45, 2.75) is 0 Å². The predicted molar refractivity (Wildman–Crippen MR) is 110 cm³/mol. The average molecular weight is 407 g/mol. The molecule has 2 aromatic heterocycles. The molecule has 144 valence electrons. The second-order valence-corrected chi connectivity index (χ2v) is 6.41. The molecule has 8 nitrogen and oxygen atoms in total. The molecule has 29 heavy (non-hydrogen) atoms. The van der Waals surface area contributed by atoms with E-state index >= 15 is 0 Å². The number of rotatable bonds is 5. The van der Waals surface area contributed by atoms with E-state index in [0.717, 1.165) is 5.69 Å². The lowest BCUT2D eigenvalue weighted by atomic mass is 10.3. The third-order valence-electron chi connectivity index (χ3n) is 3.95. The Morgan fingerprint density at radius 3 is 2.55 bits per heavy atom. The zero-order chi connectivity index (χ0) is 20.2.